The maximum Gasteiger partial charge on any atom is 0.269 e. The molecule has 1 heterocycles. The second-order valence-corrected chi connectivity index (χ2v) is 4.84. The minimum atomic E-state index is -0.301. The van der Waals surface area contributed by atoms with Gasteiger partial charge < -0.3 is 10.6 Å². The minimum absolute atomic E-state index is 0.207. The summed E-state index contributed by atoms with van der Waals surface area (Å²) < 4.78 is 12.9. The van der Waals surface area contributed by atoms with Gasteiger partial charge in [0, 0.05) is 18.2 Å². The number of aromatic amines is 1. The van der Waals surface area contributed by atoms with Crippen LogP contribution < -0.4 is 10.6 Å². The first-order valence-corrected chi connectivity index (χ1v) is 6.93. The Hall–Kier alpha value is -2.21. The summed E-state index contributed by atoms with van der Waals surface area (Å²) in [5.74, 6) is -0.509. The topological polar surface area (TPSA) is 69.8 Å². The average molecular weight is 290 g/mol. The van der Waals surface area contributed by atoms with Crippen molar-refractivity contribution in [2.75, 3.05) is 13.1 Å². The number of rotatable bonds is 6. The van der Waals surface area contributed by atoms with Crippen molar-refractivity contribution in [3.05, 3.63) is 41.8 Å². The summed E-state index contributed by atoms with van der Waals surface area (Å²) in [4.78, 5) is 12.0. The summed E-state index contributed by atoms with van der Waals surface area (Å²) >= 11 is 0. The van der Waals surface area contributed by atoms with Crippen LogP contribution in [0, 0.1) is 5.82 Å². The third-order valence-electron chi connectivity index (χ3n) is 3.08. The number of carbonyl (C=O) groups is 1. The van der Waals surface area contributed by atoms with Crippen molar-refractivity contribution in [1.82, 2.24) is 20.8 Å². The van der Waals surface area contributed by atoms with E-state index < -0.39 is 0 Å². The summed E-state index contributed by atoms with van der Waals surface area (Å²) in [5, 5.41) is 12.8. The molecule has 0 spiro atoms. The van der Waals surface area contributed by atoms with Crippen LogP contribution in [-0.4, -0.2) is 35.2 Å². The zero-order valence-corrected chi connectivity index (χ0v) is 12.1. The molecule has 0 fully saturated rings. The van der Waals surface area contributed by atoms with Gasteiger partial charge in [0.1, 0.15) is 11.5 Å². The van der Waals surface area contributed by atoms with E-state index in [2.05, 4.69) is 20.8 Å². The molecule has 2 aromatic rings. The highest BCUT2D eigenvalue weighted by Crippen LogP contribution is 2.17. The van der Waals surface area contributed by atoms with Gasteiger partial charge >= 0.3 is 0 Å². The van der Waals surface area contributed by atoms with E-state index in [1.807, 2.05) is 13.8 Å². The van der Waals surface area contributed by atoms with E-state index >= 15 is 0 Å². The lowest BCUT2D eigenvalue weighted by atomic mass is 10.1. The summed E-state index contributed by atoms with van der Waals surface area (Å²) in [6.45, 7) is 5.41. The first kappa shape index (κ1) is 15.2. The highest BCUT2D eigenvalue weighted by Gasteiger charge is 2.11. The molecule has 5 nitrogen and oxygen atoms in total. The number of carbonyl (C=O) groups excluding carboxylic acids is 1. The van der Waals surface area contributed by atoms with E-state index in [1.54, 1.807) is 18.2 Å². The Labute approximate surface area is 123 Å². The van der Waals surface area contributed by atoms with Crippen molar-refractivity contribution in [2.45, 2.75) is 19.9 Å². The molecular formula is C15H19FN4O. The van der Waals surface area contributed by atoms with Crippen LogP contribution in [0.25, 0.3) is 11.3 Å². The fourth-order valence-corrected chi connectivity index (χ4v) is 1.97. The quantitative estimate of drug-likeness (QED) is 0.761. The minimum Gasteiger partial charge on any atom is -0.349 e. The van der Waals surface area contributed by atoms with Crippen LogP contribution in [0.1, 0.15) is 24.3 Å². The van der Waals surface area contributed by atoms with Gasteiger partial charge in [-0.15, -0.1) is 0 Å². The molecular weight excluding hydrogens is 271 g/mol. The molecule has 1 atom stereocenters. The van der Waals surface area contributed by atoms with Crippen LogP contribution in [0.15, 0.2) is 30.3 Å². The number of benzene rings is 1. The van der Waals surface area contributed by atoms with Crippen molar-refractivity contribution in [1.29, 1.82) is 0 Å². The largest absolute Gasteiger partial charge is 0.349 e. The Morgan fingerprint density at radius 2 is 2.10 bits per heavy atom. The first-order valence-electron chi connectivity index (χ1n) is 6.93. The van der Waals surface area contributed by atoms with Gasteiger partial charge in [-0.2, -0.15) is 5.10 Å². The van der Waals surface area contributed by atoms with Crippen LogP contribution in [0.5, 0.6) is 0 Å². The SMILES string of the molecule is CCN[C@H](C)CNC(=O)c1cc(-c2ccc(F)cc2)n[nH]1. The second kappa shape index (κ2) is 6.99. The smallest absolute Gasteiger partial charge is 0.269 e. The van der Waals surface area contributed by atoms with Crippen molar-refractivity contribution in [2.24, 2.45) is 0 Å². The molecule has 1 amide bonds. The molecule has 0 aliphatic rings. The zero-order valence-electron chi connectivity index (χ0n) is 12.1. The predicted molar refractivity (Wildman–Crippen MR) is 79.5 cm³/mol. The van der Waals surface area contributed by atoms with Gasteiger partial charge in [-0.05, 0) is 43.8 Å². The zero-order chi connectivity index (χ0) is 15.2. The number of likely N-dealkylation sites (N-methyl/N-ethyl adjacent to an activating group) is 1. The Morgan fingerprint density at radius 3 is 2.76 bits per heavy atom. The summed E-state index contributed by atoms with van der Waals surface area (Å²) in [5.41, 5.74) is 1.76. The molecule has 0 radical (unpaired) electrons. The monoisotopic (exact) mass is 290 g/mol. The Morgan fingerprint density at radius 1 is 1.38 bits per heavy atom. The standard InChI is InChI=1S/C15H19FN4O/c1-3-17-10(2)9-18-15(21)14-8-13(19-20-14)11-4-6-12(16)7-5-11/h4-8,10,17H,3,9H2,1-2H3,(H,18,21)(H,19,20)/t10-/m1/s1. The van der Waals surface area contributed by atoms with Crippen LogP contribution in [0.2, 0.25) is 0 Å². The summed E-state index contributed by atoms with van der Waals surface area (Å²) in [6, 6.07) is 7.84. The lowest BCUT2D eigenvalue weighted by molar-refractivity contribution is 0.0945. The third-order valence-corrected chi connectivity index (χ3v) is 3.08. The number of H-pyrrole nitrogens is 1. The number of aromatic nitrogens is 2. The molecule has 3 N–H and O–H groups in total. The van der Waals surface area contributed by atoms with Gasteiger partial charge in [-0.1, -0.05) is 6.92 Å². The van der Waals surface area contributed by atoms with Crippen molar-refractivity contribution in [3.63, 3.8) is 0 Å². The Kier molecular flexibility index (Phi) is 5.05. The molecule has 21 heavy (non-hydrogen) atoms. The van der Waals surface area contributed by atoms with E-state index in [-0.39, 0.29) is 17.8 Å². The molecule has 1 aromatic carbocycles. The molecule has 1 aromatic heterocycles. The normalized spacial score (nSPS) is 12.1. The van der Waals surface area contributed by atoms with E-state index in [0.29, 0.717) is 17.9 Å². The molecule has 2 rings (SSSR count). The molecule has 0 saturated carbocycles. The van der Waals surface area contributed by atoms with Gasteiger partial charge in [0.25, 0.3) is 5.91 Å². The summed E-state index contributed by atoms with van der Waals surface area (Å²) in [7, 11) is 0. The van der Waals surface area contributed by atoms with Crippen molar-refractivity contribution >= 4 is 5.91 Å². The van der Waals surface area contributed by atoms with Crippen LogP contribution in [0.3, 0.4) is 0 Å². The third kappa shape index (κ3) is 4.13. The predicted octanol–water partition coefficient (Wildman–Crippen LogP) is 1.94. The maximum absolute atomic E-state index is 12.9. The number of halogens is 1. The number of hydrogen-bond acceptors (Lipinski definition) is 3. The highest BCUT2D eigenvalue weighted by atomic mass is 19.1. The first-order chi connectivity index (χ1) is 10.1. The van der Waals surface area contributed by atoms with Gasteiger partial charge in [0.05, 0.1) is 5.69 Å². The molecule has 0 saturated heterocycles. The molecule has 0 bridgehead atoms. The maximum atomic E-state index is 12.9. The molecule has 0 unspecified atom stereocenters. The molecule has 0 aliphatic carbocycles. The Balaban J connectivity index is 1.99. The van der Waals surface area contributed by atoms with E-state index in [1.165, 1.54) is 12.1 Å². The van der Waals surface area contributed by atoms with Crippen LogP contribution in [-0.2, 0) is 0 Å². The van der Waals surface area contributed by atoms with Gasteiger partial charge in [-0.25, -0.2) is 4.39 Å². The fourth-order valence-electron chi connectivity index (χ4n) is 1.97. The lowest BCUT2D eigenvalue weighted by Crippen LogP contribution is -2.38. The number of amides is 1. The number of nitrogens with one attached hydrogen (secondary N) is 3. The number of hydrogen-bond donors (Lipinski definition) is 3. The van der Waals surface area contributed by atoms with Crippen molar-refractivity contribution < 1.29 is 9.18 Å². The van der Waals surface area contributed by atoms with Crippen LogP contribution >= 0.6 is 0 Å². The summed E-state index contributed by atoms with van der Waals surface area (Å²) in [6.07, 6.45) is 0. The van der Waals surface area contributed by atoms with Gasteiger partial charge in [0.2, 0.25) is 0 Å². The van der Waals surface area contributed by atoms with E-state index in [9.17, 15) is 9.18 Å². The molecule has 6 heteroatoms. The number of nitrogens with zero attached hydrogens (tertiary/aromatic N) is 1. The Bertz CT molecular complexity index is 594. The van der Waals surface area contributed by atoms with Crippen LogP contribution in [0.4, 0.5) is 4.39 Å². The second-order valence-electron chi connectivity index (χ2n) is 4.84. The van der Waals surface area contributed by atoms with Crippen molar-refractivity contribution in [3.8, 4) is 11.3 Å². The lowest BCUT2D eigenvalue weighted by Gasteiger charge is -2.12. The van der Waals surface area contributed by atoms with Gasteiger partial charge in [0.15, 0.2) is 0 Å². The highest BCUT2D eigenvalue weighted by molar-refractivity contribution is 5.93. The molecule has 112 valence electrons. The van der Waals surface area contributed by atoms with Gasteiger partial charge in [-0.3, -0.25) is 9.89 Å². The fraction of sp³-hybridized carbons (Fsp3) is 0.333. The van der Waals surface area contributed by atoms with E-state index in [4.69, 9.17) is 0 Å². The molecule has 0 aliphatic heterocycles. The van der Waals surface area contributed by atoms with E-state index in [0.717, 1.165) is 12.1 Å². The average Bonchev–Trinajstić information content (AvgIpc) is 2.96.